The van der Waals surface area contributed by atoms with E-state index in [-0.39, 0.29) is 5.91 Å². The molecule has 5 heteroatoms. The van der Waals surface area contributed by atoms with Crippen LogP contribution in [0, 0.1) is 0 Å². The monoisotopic (exact) mass is 288 g/mol. The van der Waals surface area contributed by atoms with Crippen LogP contribution in [0.3, 0.4) is 0 Å². The van der Waals surface area contributed by atoms with Gasteiger partial charge in [0, 0.05) is 32.4 Å². The lowest BCUT2D eigenvalue weighted by atomic mass is 10.0. The second-order valence-corrected chi connectivity index (χ2v) is 6.03. The van der Waals surface area contributed by atoms with E-state index in [2.05, 4.69) is 26.6 Å². The Kier molecular flexibility index (Phi) is 4.51. The Morgan fingerprint density at radius 3 is 2.95 bits per heavy atom. The molecule has 1 aromatic rings. The summed E-state index contributed by atoms with van der Waals surface area (Å²) in [5.41, 5.74) is 2.64. The first-order valence-corrected chi connectivity index (χ1v) is 7.89. The van der Waals surface area contributed by atoms with E-state index in [1.54, 1.807) is 7.05 Å². The van der Waals surface area contributed by atoms with Crippen LogP contribution in [0.1, 0.15) is 36.6 Å². The van der Waals surface area contributed by atoms with E-state index >= 15 is 0 Å². The molecule has 1 aliphatic carbocycles. The highest BCUT2D eigenvalue weighted by atomic mass is 16.1. The number of nitrogens with one attached hydrogen (secondary N) is 2. The van der Waals surface area contributed by atoms with Crippen molar-refractivity contribution in [1.82, 2.24) is 20.5 Å². The number of rotatable bonds is 4. The summed E-state index contributed by atoms with van der Waals surface area (Å²) in [5.74, 6) is 0.107. The second kappa shape index (κ2) is 6.54. The zero-order valence-corrected chi connectivity index (χ0v) is 12.6. The van der Waals surface area contributed by atoms with E-state index in [0.717, 1.165) is 38.8 Å². The van der Waals surface area contributed by atoms with E-state index in [9.17, 15) is 4.79 Å². The van der Waals surface area contributed by atoms with Crippen LogP contribution in [0.25, 0.3) is 0 Å². The van der Waals surface area contributed by atoms with E-state index in [4.69, 9.17) is 0 Å². The molecule has 5 nitrogen and oxygen atoms in total. The van der Waals surface area contributed by atoms with Gasteiger partial charge in [-0.15, -0.1) is 0 Å². The summed E-state index contributed by atoms with van der Waals surface area (Å²) < 4.78 is 0. The van der Waals surface area contributed by atoms with Crippen LogP contribution >= 0.6 is 0 Å². The Balaban J connectivity index is 1.49. The standard InChI is InChI=1S/C16H24N4O/c1-17-15(21)11-20-9-6-13(7-10-20)19-14-5-4-12-3-2-8-18-16(12)14/h2-3,8,13-14,19H,4-7,9-11H2,1H3,(H,17,21). The van der Waals surface area contributed by atoms with E-state index in [1.807, 2.05) is 12.3 Å². The van der Waals surface area contributed by atoms with Crippen LogP contribution < -0.4 is 10.6 Å². The molecule has 0 bridgehead atoms. The van der Waals surface area contributed by atoms with Crippen molar-refractivity contribution in [1.29, 1.82) is 0 Å². The minimum absolute atomic E-state index is 0.107. The lowest BCUT2D eigenvalue weighted by Crippen LogP contribution is -2.46. The molecule has 2 aliphatic rings. The SMILES string of the molecule is CNC(=O)CN1CCC(NC2CCc3cccnc32)CC1. The third-order valence-corrected chi connectivity index (χ3v) is 4.63. The van der Waals surface area contributed by atoms with Crippen LogP contribution in [0.15, 0.2) is 18.3 Å². The molecular formula is C16H24N4O. The van der Waals surface area contributed by atoms with Crippen molar-refractivity contribution in [3.05, 3.63) is 29.6 Å². The van der Waals surface area contributed by atoms with Crippen molar-refractivity contribution in [3.63, 3.8) is 0 Å². The van der Waals surface area contributed by atoms with Crippen LogP contribution in [-0.2, 0) is 11.2 Å². The number of carbonyl (C=O) groups is 1. The van der Waals surface area contributed by atoms with Crippen molar-refractivity contribution >= 4 is 5.91 Å². The number of carbonyl (C=O) groups excluding carboxylic acids is 1. The number of likely N-dealkylation sites (N-methyl/N-ethyl adjacent to an activating group) is 1. The van der Waals surface area contributed by atoms with E-state index in [1.165, 1.54) is 11.3 Å². The quantitative estimate of drug-likeness (QED) is 0.863. The normalized spacial score (nSPS) is 23.0. The summed E-state index contributed by atoms with van der Waals surface area (Å²) in [7, 11) is 1.70. The van der Waals surface area contributed by atoms with Gasteiger partial charge in [0.05, 0.1) is 18.3 Å². The number of hydrogen-bond acceptors (Lipinski definition) is 4. The zero-order chi connectivity index (χ0) is 14.7. The van der Waals surface area contributed by atoms with E-state index < -0.39 is 0 Å². The van der Waals surface area contributed by atoms with Crippen molar-refractivity contribution < 1.29 is 4.79 Å². The highest BCUT2D eigenvalue weighted by Gasteiger charge is 2.27. The topological polar surface area (TPSA) is 57.3 Å². The fourth-order valence-electron chi connectivity index (χ4n) is 3.40. The highest BCUT2D eigenvalue weighted by molar-refractivity contribution is 5.77. The molecule has 1 amide bonds. The molecule has 1 saturated heterocycles. The van der Waals surface area contributed by atoms with Gasteiger partial charge < -0.3 is 10.6 Å². The Labute approximate surface area is 126 Å². The molecule has 1 aliphatic heterocycles. The van der Waals surface area contributed by atoms with Gasteiger partial charge in [-0.05, 0) is 37.3 Å². The molecule has 2 N–H and O–H groups in total. The van der Waals surface area contributed by atoms with Gasteiger partial charge in [-0.25, -0.2) is 0 Å². The van der Waals surface area contributed by atoms with Crippen LogP contribution in [0.4, 0.5) is 0 Å². The first kappa shape index (κ1) is 14.5. The van der Waals surface area contributed by atoms with Gasteiger partial charge in [0.15, 0.2) is 0 Å². The van der Waals surface area contributed by atoms with Gasteiger partial charge in [0.1, 0.15) is 0 Å². The van der Waals surface area contributed by atoms with Gasteiger partial charge in [-0.3, -0.25) is 14.7 Å². The molecule has 3 rings (SSSR count). The molecule has 1 fully saturated rings. The van der Waals surface area contributed by atoms with Crippen molar-refractivity contribution in [2.24, 2.45) is 0 Å². The molecule has 21 heavy (non-hydrogen) atoms. The number of hydrogen-bond donors (Lipinski definition) is 2. The number of amides is 1. The Morgan fingerprint density at radius 2 is 2.19 bits per heavy atom. The summed E-state index contributed by atoms with van der Waals surface area (Å²) in [5, 5.41) is 6.46. The third kappa shape index (κ3) is 3.41. The van der Waals surface area contributed by atoms with Gasteiger partial charge >= 0.3 is 0 Å². The lowest BCUT2D eigenvalue weighted by molar-refractivity contribution is -0.122. The molecule has 1 unspecified atom stereocenters. The Hall–Kier alpha value is -1.46. The smallest absolute Gasteiger partial charge is 0.233 e. The fraction of sp³-hybridized carbons (Fsp3) is 0.625. The summed E-state index contributed by atoms with van der Waals surface area (Å²) in [6.07, 6.45) is 6.40. The van der Waals surface area contributed by atoms with Crippen LogP contribution in [-0.4, -0.2) is 48.5 Å². The third-order valence-electron chi connectivity index (χ3n) is 4.63. The first-order chi connectivity index (χ1) is 10.3. The van der Waals surface area contributed by atoms with Crippen molar-refractivity contribution in [3.8, 4) is 0 Å². The molecule has 2 heterocycles. The first-order valence-electron chi connectivity index (χ1n) is 7.89. The van der Waals surface area contributed by atoms with Crippen molar-refractivity contribution in [2.45, 2.75) is 37.8 Å². The molecule has 0 saturated carbocycles. The second-order valence-electron chi connectivity index (χ2n) is 6.03. The minimum Gasteiger partial charge on any atom is -0.358 e. The number of piperidine rings is 1. The van der Waals surface area contributed by atoms with Crippen molar-refractivity contribution in [2.75, 3.05) is 26.7 Å². The molecule has 0 radical (unpaired) electrons. The Morgan fingerprint density at radius 1 is 1.38 bits per heavy atom. The van der Waals surface area contributed by atoms with Gasteiger partial charge in [0.25, 0.3) is 0 Å². The summed E-state index contributed by atoms with van der Waals surface area (Å²) in [6, 6.07) is 5.18. The lowest BCUT2D eigenvalue weighted by Gasteiger charge is -2.33. The molecule has 1 atom stereocenters. The number of pyridine rings is 1. The minimum atomic E-state index is 0.107. The van der Waals surface area contributed by atoms with Crippen LogP contribution in [0.2, 0.25) is 0 Å². The number of nitrogens with zero attached hydrogens (tertiary/aromatic N) is 2. The average Bonchev–Trinajstić information content (AvgIpc) is 2.92. The predicted octanol–water partition coefficient (Wildman–Crippen LogP) is 0.869. The molecule has 114 valence electrons. The maximum Gasteiger partial charge on any atom is 0.233 e. The molecule has 0 aromatic carbocycles. The molecule has 0 spiro atoms. The number of aromatic nitrogens is 1. The maximum atomic E-state index is 11.4. The predicted molar refractivity (Wildman–Crippen MR) is 82.0 cm³/mol. The maximum absolute atomic E-state index is 11.4. The Bertz CT molecular complexity index is 497. The van der Waals surface area contributed by atoms with Gasteiger partial charge in [0.2, 0.25) is 5.91 Å². The van der Waals surface area contributed by atoms with Gasteiger partial charge in [-0.1, -0.05) is 6.07 Å². The summed E-state index contributed by atoms with van der Waals surface area (Å²) >= 11 is 0. The largest absolute Gasteiger partial charge is 0.358 e. The molecular weight excluding hydrogens is 264 g/mol. The summed E-state index contributed by atoms with van der Waals surface area (Å²) in [4.78, 5) is 18.2. The highest BCUT2D eigenvalue weighted by Crippen LogP contribution is 2.30. The number of likely N-dealkylation sites (tertiary alicyclic amines) is 1. The number of fused-ring (bicyclic) bond motifs is 1. The zero-order valence-electron chi connectivity index (χ0n) is 12.6. The van der Waals surface area contributed by atoms with Crippen LogP contribution in [0.5, 0.6) is 0 Å². The van der Waals surface area contributed by atoms with E-state index in [0.29, 0.717) is 18.6 Å². The molecule has 1 aromatic heterocycles. The van der Waals surface area contributed by atoms with Gasteiger partial charge in [-0.2, -0.15) is 0 Å². The fourth-order valence-corrected chi connectivity index (χ4v) is 3.40. The average molecular weight is 288 g/mol. The summed E-state index contributed by atoms with van der Waals surface area (Å²) in [6.45, 7) is 2.51. The number of aryl methyl sites for hydroxylation is 1.